The Morgan fingerprint density at radius 2 is 1.89 bits per heavy atom. The highest BCUT2D eigenvalue weighted by atomic mass is 32.2. The summed E-state index contributed by atoms with van der Waals surface area (Å²) in [4.78, 5) is 23.6. The average molecular weight is 495 g/mol. The van der Waals surface area contributed by atoms with Gasteiger partial charge in [0.1, 0.15) is 10.8 Å². The molecule has 184 valence electrons. The highest BCUT2D eigenvalue weighted by Crippen LogP contribution is 2.35. The molecular weight excluding hydrogens is 464 g/mol. The van der Waals surface area contributed by atoms with E-state index in [-0.39, 0.29) is 5.96 Å². The van der Waals surface area contributed by atoms with E-state index in [4.69, 9.17) is 10.5 Å². The molecule has 0 saturated heterocycles. The van der Waals surface area contributed by atoms with Gasteiger partial charge in [-0.3, -0.25) is 0 Å². The first-order valence-corrected chi connectivity index (χ1v) is 11.8. The van der Waals surface area contributed by atoms with E-state index in [1.807, 2.05) is 61.5 Å². The zero-order valence-electron chi connectivity index (χ0n) is 19.7. The molecule has 11 heteroatoms. The van der Waals surface area contributed by atoms with Crippen LogP contribution >= 0.6 is 11.8 Å². The number of nitrogens with zero attached hydrogens (tertiary/aromatic N) is 4. The second kappa shape index (κ2) is 15.7. The lowest BCUT2D eigenvalue weighted by molar-refractivity contribution is 0.249. The Kier molecular flexibility index (Phi) is 12.1. The summed E-state index contributed by atoms with van der Waals surface area (Å²) in [6.45, 7) is 4.49. The van der Waals surface area contributed by atoms with Gasteiger partial charge in [-0.1, -0.05) is 49.4 Å². The number of hydrazone groups is 1. The van der Waals surface area contributed by atoms with Crippen LogP contribution in [-0.4, -0.2) is 34.7 Å². The number of pyridine rings is 2. The van der Waals surface area contributed by atoms with Crippen LogP contribution in [0.3, 0.4) is 0 Å². The van der Waals surface area contributed by atoms with Crippen molar-refractivity contribution in [2.24, 2.45) is 21.6 Å². The predicted octanol–water partition coefficient (Wildman–Crippen LogP) is 4.42. The number of unbranched alkanes of at least 4 members (excludes halogenated alkanes) is 1. The Labute approximate surface area is 209 Å². The van der Waals surface area contributed by atoms with Crippen LogP contribution < -0.4 is 26.9 Å². The van der Waals surface area contributed by atoms with Crippen LogP contribution in [0.25, 0.3) is 0 Å². The SMILES string of the molecule is CCC/C=N/N/C(N)=N\c1ncc(Sc2ccccn2)cc1Oc1ccccc1.CCNC(N)=O. The Morgan fingerprint density at radius 1 is 1.11 bits per heavy atom. The Bertz CT molecular complexity index is 1100. The standard InChI is InChI=1S/C21H22N6OS.C3H8N2O/c1-2-3-13-25-27-21(22)26-20-18(28-16-9-5-4-6-10-16)14-17(15-24-20)29-19-11-7-8-12-23-19;1-2-5-3(4)6/h4-15H,2-3H2,1H3,(H3,22,24,26,27);2H2,1H3,(H3,4,5,6)/b25-13+;. The first-order valence-electron chi connectivity index (χ1n) is 11.0. The normalized spacial score (nSPS) is 10.9. The Balaban J connectivity index is 0.000000641. The number of aromatic nitrogens is 2. The third-order valence-electron chi connectivity index (χ3n) is 3.90. The number of primary amides is 1. The van der Waals surface area contributed by atoms with E-state index in [9.17, 15) is 4.79 Å². The molecule has 0 unspecified atom stereocenters. The number of urea groups is 1. The summed E-state index contributed by atoms with van der Waals surface area (Å²) in [5.74, 6) is 1.65. The van der Waals surface area contributed by atoms with Gasteiger partial charge in [0, 0.05) is 36.1 Å². The van der Waals surface area contributed by atoms with Gasteiger partial charge in [0.05, 0.1) is 0 Å². The summed E-state index contributed by atoms with van der Waals surface area (Å²) < 4.78 is 6.01. The van der Waals surface area contributed by atoms with Gasteiger partial charge >= 0.3 is 6.03 Å². The number of rotatable bonds is 9. The number of benzene rings is 1. The molecule has 0 spiro atoms. The maximum absolute atomic E-state index is 9.71. The minimum Gasteiger partial charge on any atom is -0.453 e. The van der Waals surface area contributed by atoms with Gasteiger partial charge in [-0.25, -0.2) is 20.2 Å². The fraction of sp³-hybridized carbons (Fsp3) is 0.208. The van der Waals surface area contributed by atoms with E-state index >= 15 is 0 Å². The van der Waals surface area contributed by atoms with Crippen LogP contribution in [-0.2, 0) is 0 Å². The highest BCUT2D eigenvalue weighted by molar-refractivity contribution is 7.99. The molecule has 0 atom stereocenters. The number of hydrogen-bond acceptors (Lipinski definition) is 7. The third-order valence-corrected chi connectivity index (χ3v) is 4.81. The number of carbonyl (C=O) groups excluding carboxylic acids is 1. The summed E-state index contributed by atoms with van der Waals surface area (Å²) >= 11 is 1.49. The fourth-order valence-corrected chi connectivity index (χ4v) is 3.17. The van der Waals surface area contributed by atoms with Gasteiger partial charge in [0.2, 0.25) is 5.96 Å². The second-order valence-electron chi connectivity index (χ2n) is 6.78. The zero-order valence-corrected chi connectivity index (χ0v) is 20.5. The van der Waals surface area contributed by atoms with E-state index in [0.717, 1.165) is 22.8 Å². The van der Waals surface area contributed by atoms with Crippen molar-refractivity contribution >= 4 is 35.8 Å². The molecule has 0 aliphatic rings. The van der Waals surface area contributed by atoms with Crippen molar-refractivity contribution in [1.29, 1.82) is 0 Å². The number of guanidine groups is 1. The van der Waals surface area contributed by atoms with Crippen LogP contribution in [0.5, 0.6) is 11.5 Å². The number of ether oxygens (including phenoxy) is 1. The molecular formula is C24H30N8O2S. The van der Waals surface area contributed by atoms with Crippen molar-refractivity contribution in [2.75, 3.05) is 6.54 Å². The lowest BCUT2D eigenvalue weighted by atomic mass is 10.3. The monoisotopic (exact) mass is 494 g/mol. The van der Waals surface area contributed by atoms with Crippen LogP contribution in [0.15, 0.2) is 87.0 Å². The molecule has 0 aliphatic carbocycles. The Morgan fingerprint density at radius 3 is 2.51 bits per heavy atom. The summed E-state index contributed by atoms with van der Waals surface area (Å²) in [6.07, 6.45) is 7.09. The number of hydrogen-bond donors (Lipinski definition) is 4. The van der Waals surface area contributed by atoms with Crippen molar-refractivity contribution in [3.63, 3.8) is 0 Å². The Hall–Kier alpha value is -4.12. The van der Waals surface area contributed by atoms with Gasteiger partial charge in [-0.15, -0.1) is 0 Å². The lowest BCUT2D eigenvalue weighted by Crippen LogP contribution is -2.28. The number of aliphatic imine (C=N–C) groups is 1. The van der Waals surface area contributed by atoms with Crippen molar-refractivity contribution in [2.45, 2.75) is 36.6 Å². The zero-order chi connectivity index (χ0) is 25.3. The van der Waals surface area contributed by atoms with Crippen molar-refractivity contribution < 1.29 is 9.53 Å². The lowest BCUT2D eigenvalue weighted by Gasteiger charge is -2.10. The molecule has 0 radical (unpaired) electrons. The maximum Gasteiger partial charge on any atom is 0.312 e. The van der Waals surface area contributed by atoms with Gasteiger partial charge in [-0.2, -0.15) is 10.1 Å². The minimum atomic E-state index is -0.461. The first kappa shape index (κ1) is 27.1. The molecule has 6 N–H and O–H groups in total. The summed E-state index contributed by atoms with van der Waals surface area (Å²) in [5.41, 5.74) is 13.3. The molecule has 0 bridgehead atoms. The van der Waals surface area contributed by atoms with Gasteiger partial charge < -0.3 is 21.5 Å². The smallest absolute Gasteiger partial charge is 0.312 e. The topological polar surface area (TPSA) is 153 Å². The maximum atomic E-state index is 9.71. The van der Waals surface area contributed by atoms with Crippen molar-refractivity contribution in [3.8, 4) is 11.5 Å². The van der Waals surface area contributed by atoms with E-state index in [2.05, 4.69) is 43.5 Å². The van der Waals surface area contributed by atoms with Crippen molar-refractivity contribution in [3.05, 3.63) is 67.0 Å². The van der Waals surface area contributed by atoms with Crippen molar-refractivity contribution in [1.82, 2.24) is 20.7 Å². The van der Waals surface area contributed by atoms with E-state index < -0.39 is 6.03 Å². The number of nitrogens with one attached hydrogen (secondary N) is 2. The van der Waals surface area contributed by atoms with Crippen LogP contribution in [0.2, 0.25) is 0 Å². The van der Waals surface area contributed by atoms with Crippen LogP contribution in [0, 0.1) is 0 Å². The van der Waals surface area contributed by atoms with E-state index in [1.54, 1.807) is 18.6 Å². The average Bonchev–Trinajstić information content (AvgIpc) is 2.85. The molecule has 0 aliphatic heterocycles. The molecule has 3 aromatic rings. The summed E-state index contributed by atoms with van der Waals surface area (Å²) in [6, 6.07) is 16.6. The second-order valence-corrected chi connectivity index (χ2v) is 7.88. The molecule has 10 nitrogen and oxygen atoms in total. The third kappa shape index (κ3) is 11.0. The van der Waals surface area contributed by atoms with Crippen LogP contribution in [0.1, 0.15) is 26.7 Å². The van der Waals surface area contributed by atoms with E-state index in [1.165, 1.54) is 11.8 Å². The molecule has 2 aromatic heterocycles. The molecule has 0 fully saturated rings. The van der Waals surface area contributed by atoms with E-state index in [0.29, 0.717) is 23.9 Å². The molecule has 2 heterocycles. The first-order chi connectivity index (χ1) is 17.0. The number of carbonyl (C=O) groups is 1. The highest BCUT2D eigenvalue weighted by Gasteiger charge is 2.10. The molecule has 1 aromatic carbocycles. The fourth-order valence-electron chi connectivity index (χ4n) is 2.40. The molecule has 0 saturated carbocycles. The molecule has 35 heavy (non-hydrogen) atoms. The number of para-hydroxylation sites is 1. The number of nitrogens with two attached hydrogens (primary N) is 2. The largest absolute Gasteiger partial charge is 0.453 e. The summed E-state index contributed by atoms with van der Waals surface area (Å²) in [5, 5.41) is 7.24. The van der Waals surface area contributed by atoms with Gasteiger partial charge in [0.25, 0.3) is 0 Å². The van der Waals surface area contributed by atoms with Gasteiger partial charge in [-0.05, 0) is 37.6 Å². The summed E-state index contributed by atoms with van der Waals surface area (Å²) in [7, 11) is 0. The molecule has 3 rings (SSSR count). The minimum absolute atomic E-state index is 0.132. The molecule has 2 amide bonds. The van der Waals surface area contributed by atoms with Gasteiger partial charge in [0.15, 0.2) is 11.6 Å². The quantitative estimate of drug-likeness (QED) is 0.195. The predicted molar refractivity (Wildman–Crippen MR) is 140 cm³/mol. The van der Waals surface area contributed by atoms with Crippen LogP contribution in [0.4, 0.5) is 10.6 Å². The number of amides is 2.